The number of nitrogens with one attached hydrogen (secondary N) is 1. The Kier molecular flexibility index (Phi) is 4.37. The van der Waals surface area contributed by atoms with Crippen LogP contribution in [0, 0.1) is 6.92 Å². The molecule has 1 aromatic carbocycles. The zero-order valence-corrected chi connectivity index (χ0v) is 13.1. The molecule has 1 aromatic heterocycles. The van der Waals surface area contributed by atoms with Crippen molar-refractivity contribution in [3.05, 3.63) is 36.1 Å². The summed E-state index contributed by atoms with van der Waals surface area (Å²) in [6, 6.07) is 8.58. The van der Waals surface area contributed by atoms with Crippen LogP contribution in [0.4, 0.5) is 5.82 Å². The number of para-hydroxylation sites is 2. The molecule has 24 heavy (non-hydrogen) atoms. The van der Waals surface area contributed by atoms with Crippen LogP contribution in [0.25, 0.3) is 0 Å². The molecule has 0 fully saturated rings. The second-order valence-electron chi connectivity index (χ2n) is 5.29. The number of nitrogens with zero attached hydrogens (tertiary/aromatic N) is 1. The second-order valence-corrected chi connectivity index (χ2v) is 5.29. The summed E-state index contributed by atoms with van der Waals surface area (Å²) in [5, 5.41) is 6.07. The summed E-state index contributed by atoms with van der Waals surface area (Å²) in [6.45, 7) is 2.93. The second kappa shape index (κ2) is 6.61. The van der Waals surface area contributed by atoms with Crippen molar-refractivity contribution in [1.29, 1.82) is 0 Å². The highest BCUT2D eigenvalue weighted by molar-refractivity contribution is 5.92. The van der Waals surface area contributed by atoms with Crippen LogP contribution in [-0.2, 0) is 14.3 Å². The highest BCUT2D eigenvalue weighted by Gasteiger charge is 2.35. The minimum atomic E-state index is -0.943. The van der Waals surface area contributed by atoms with E-state index in [1.54, 1.807) is 38.1 Å². The fourth-order valence-corrected chi connectivity index (χ4v) is 2.20. The van der Waals surface area contributed by atoms with Gasteiger partial charge in [-0.1, -0.05) is 17.3 Å². The van der Waals surface area contributed by atoms with Crippen molar-refractivity contribution < 1.29 is 28.3 Å². The molecule has 0 bridgehead atoms. The number of anilines is 1. The Morgan fingerprint density at radius 3 is 2.62 bits per heavy atom. The molecule has 0 unspecified atom stereocenters. The summed E-state index contributed by atoms with van der Waals surface area (Å²) in [5.41, 5.74) is 0. The van der Waals surface area contributed by atoms with E-state index >= 15 is 0 Å². The Morgan fingerprint density at radius 1 is 1.25 bits per heavy atom. The van der Waals surface area contributed by atoms with E-state index in [-0.39, 0.29) is 5.82 Å². The van der Waals surface area contributed by atoms with Gasteiger partial charge in [-0.15, -0.1) is 0 Å². The van der Waals surface area contributed by atoms with Gasteiger partial charge in [-0.2, -0.15) is 0 Å². The number of hydrogen-bond donors (Lipinski definition) is 1. The van der Waals surface area contributed by atoms with Crippen LogP contribution in [0.15, 0.2) is 34.9 Å². The maximum absolute atomic E-state index is 12.1. The molecule has 8 nitrogen and oxygen atoms in total. The highest BCUT2D eigenvalue weighted by Crippen LogP contribution is 2.33. The summed E-state index contributed by atoms with van der Waals surface area (Å²) in [4.78, 5) is 23.9. The normalized spacial score (nSPS) is 18.8. The SMILES string of the molecule is Cc1cc(NC(=O)COC(=O)[C@@H]2Oc3ccccc3O[C@H]2C)no1. The predicted octanol–water partition coefficient (Wildman–Crippen LogP) is 1.69. The van der Waals surface area contributed by atoms with Crippen molar-refractivity contribution in [2.75, 3.05) is 11.9 Å². The van der Waals surface area contributed by atoms with Gasteiger partial charge in [0, 0.05) is 6.07 Å². The molecule has 0 aliphatic carbocycles. The molecule has 1 aliphatic rings. The maximum Gasteiger partial charge on any atom is 0.351 e. The van der Waals surface area contributed by atoms with Crippen molar-refractivity contribution in [1.82, 2.24) is 5.16 Å². The molecule has 3 rings (SSSR count). The summed E-state index contributed by atoms with van der Waals surface area (Å²) in [5.74, 6) is 0.633. The maximum atomic E-state index is 12.1. The van der Waals surface area contributed by atoms with Gasteiger partial charge in [-0.25, -0.2) is 4.79 Å². The van der Waals surface area contributed by atoms with Crippen LogP contribution in [-0.4, -0.2) is 35.8 Å². The summed E-state index contributed by atoms with van der Waals surface area (Å²) >= 11 is 0. The lowest BCUT2D eigenvalue weighted by Gasteiger charge is -2.30. The number of benzene rings is 1. The van der Waals surface area contributed by atoms with E-state index in [0.717, 1.165) is 0 Å². The molecule has 1 aliphatic heterocycles. The van der Waals surface area contributed by atoms with Crippen molar-refractivity contribution >= 4 is 17.7 Å². The third-order valence-electron chi connectivity index (χ3n) is 3.32. The van der Waals surface area contributed by atoms with Gasteiger partial charge in [-0.05, 0) is 26.0 Å². The summed E-state index contributed by atoms with van der Waals surface area (Å²) in [6.07, 6.45) is -1.48. The van der Waals surface area contributed by atoms with Crippen molar-refractivity contribution in [2.24, 2.45) is 0 Å². The monoisotopic (exact) mass is 332 g/mol. The molecule has 2 atom stereocenters. The van der Waals surface area contributed by atoms with E-state index in [4.69, 9.17) is 18.7 Å². The summed E-state index contributed by atoms with van der Waals surface area (Å²) in [7, 11) is 0. The Labute approximate surface area is 137 Å². The van der Waals surface area contributed by atoms with Crippen LogP contribution in [0.1, 0.15) is 12.7 Å². The number of rotatable bonds is 4. The van der Waals surface area contributed by atoms with Gasteiger partial charge in [0.15, 0.2) is 23.9 Å². The molecule has 0 spiro atoms. The van der Waals surface area contributed by atoms with E-state index in [2.05, 4.69) is 10.5 Å². The molecule has 1 amide bonds. The topological polar surface area (TPSA) is 99.9 Å². The molecular formula is C16H16N2O6. The summed E-state index contributed by atoms with van der Waals surface area (Å²) < 4.78 is 21.0. The average Bonchev–Trinajstić information content (AvgIpc) is 2.96. The average molecular weight is 332 g/mol. The van der Waals surface area contributed by atoms with Crippen molar-refractivity contribution in [3.63, 3.8) is 0 Å². The van der Waals surface area contributed by atoms with Gasteiger partial charge in [-0.3, -0.25) is 4.79 Å². The van der Waals surface area contributed by atoms with Gasteiger partial charge >= 0.3 is 5.97 Å². The molecule has 126 valence electrons. The van der Waals surface area contributed by atoms with Crippen molar-refractivity contribution in [2.45, 2.75) is 26.1 Å². The molecule has 8 heteroatoms. The Balaban J connectivity index is 1.54. The standard InChI is InChI=1S/C16H16N2O6/c1-9-7-13(18-24-9)17-14(19)8-21-16(20)15-10(2)22-11-5-3-4-6-12(11)23-15/h3-7,10,15H,8H2,1-2H3,(H,17,18,19)/t10-,15+/m0/s1. The van der Waals surface area contributed by atoms with Crippen LogP contribution >= 0.6 is 0 Å². The number of esters is 1. The molecule has 0 saturated carbocycles. The van der Waals surface area contributed by atoms with Crippen LogP contribution < -0.4 is 14.8 Å². The van der Waals surface area contributed by atoms with Gasteiger partial charge in [0.25, 0.3) is 5.91 Å². The molecule has 2 heterocycles. The lowest BCUT2D eigenvalue weighted by atomic mass is 10.2. The van der Waals surface area contributed by atoms with Crippen molar-refractivity contribution in [3.8, 4) is 11.5 Å². The zero-order valence-electron chi connectivity index (χ0n) is 13.1. The number of hydrogen-bond acceptors (Lipinski definition) is 7. The fraction of sp³-hybridized carbons (Fsp3) is 0.312. The number of aryl methyl sites for hydroxylation is 1. The number of amides is 1. The van der Waals surface area contributed by atoms with Crippen LogP contribution in [0.5, 0.6) is 11.5 Å². The van der Waals surface area contributed by atoms with Gasteiger partial charge in [0.2, 0.25) is 6.10 Å². The first-order chi connectivity index (χ1) is 11.5. The van der Waals surface area contributed by atoms with Gasteiger partial charge in [0.1, 0.15) is 11.9 Å². The molecule has 2 aromatic rings. The fourth-order valence-electron chi connectivity index (χ4n) is 2.20. The predicted molar refractivity (Wildman–Crippen MR) is 81.8 cm³/mol. The number of ether oxygens (including phenoxy) is 3. The van der Waals surface area contributed by atoms with E-state index in [1.165, 1.54) is 0 Å². The number of aromatic nitrogens is 1. The molecule has 1 N–H and O–H groups in total. The largest absolute Gasteiger partial charge is 0.482 e. The molecule has 0 saturated heterocycles. The third kappa shape index (κ3) is 3.48. The van der Waals surface area contributed by atoms with Gasteiger partial charge in [0.05, 0.1) is 0 Å². The number of carbonyl (C=O) groups excluding carboxylic acids is 2. The first kappa shape index (κ1) is 15.9. The highest BCUT2D eigenvalue weighted by atomic mass is 16.6. The minimum Gasteiger partial charge on any atom is -0.482 e. The molecule has 0 radical (unpaired) electrons. The lowest BCUT2D eigenvalue weighted by Crippen LogP contribution is -2.45. The van der Waals surface area contributed by atoms with E-state index < -0.39 is 30.7 Å². The van der Waals surface area contributed by atoms with Crippen LogP contribution in [0.2, 0.25) is 0 Å². The Bertz CT molecular complexity index is 757. The molecular weight excluding hydrogens is 316 g/mol. The van der Waals surface area contributed by atoms with E-state index in [1.807, 2.05) is 6.07 Å². The number of carbonyl (C=O) groups is 2. The lowest BCUT2D eigenvalue weighted by molar-refractivity contribution is -0.159. The minimum absolute atomic E-state index is 0.257. The zero-order chi connectivity index (χ0) is 17.1. The first-order valence-electron chi connectivity index (χ1n) is 7.35. The number of fused-ring (bicyclic) bond motifs is 1. The van der Waals surface area contributed by atoms with Gasteiger partial charge < -0.3 is 24.1 Å². The Morgan fingerprint density at radius 2 is 1.96 bits per heavy atom. The first-order valence-corrected chi connectivity index (χ1v) is 7.35. The van der Waals surface area contributed by atoms with Crippen LogP contribution in [0.3, 0.4) is 0 Å². The smallest absolute Gasteiger partial charge is 0.351 e. The van der Waals surface area contributed by atoms with E-state index in [9.17, 15) is 9.59 Å². The Hall–Kier alpha value is -3.03. The van der Waals surface area contributed by atoms with E-state index in [0.29, 0.717) is 17.3 Å². The third-order valence-corrected chi connectivity index (χ3v) is 3.32. The quantitative estimate of drug-likeness (QED) is 0.850.